The van der Waals surface area contributed by atoms with Crippen molar-refractivity contribution in [3.8, 4) is 0 Å². The Morgan fingerprint density at radius 1 is 1.00 bits per heavy atom. The van der Waals surface area contributed by atoms with E-state index >= 15 is 0 Å². The number of rotatable bonds is 5. The van der Waals surface area contributed by atoms with E-state index in [4.69, 9.17) is 11.6 Å². The molecule has 4 aliphatic carbocycles. The molecule has 5 heteroatoms. The Hall–Kier alpha value is 0.562. The van der Waals surface area contributed by atoms with Gasteiger partial charge in [0.2, 0.25) is 0 Å². The van der Waals surface area contributed by atoms with Gasteiger partial charge in [0, 0.05) is 27.0 Å². The van der Waals surface area contributed by atoms with E-state index in [0.717, 1.165) is 23.4 Å². The Labute approximate surface area is 226 Å². The fourth-order valence-electron chi connectivity index (χ4n) is 7.44. The van der Waals surface area contributed by atoms with E-state index in [0.29, 0.717) is 10.3 Å². The molecule has 4 saturated carbocycles. The van der Waals surface area contributed by atoms with E-state index in [2.05, 4.69) is 31.1 Å². The zero-order chi connectivity index (χ0) is 20.8. The van der Waals surface area contributed by atoms with Gasteiger partial charge < -0.3 is 4.90 Å². The number of fused-ring (bicyclic) bond motifs is 4. The predicted octanol–water partition coefficient (Wildman–Crippen LogP) is 7.29. The Morgan fingerprint density at radius 2 is 1.50 bits per heavy atom. The summed E-state index contributed by atoms with van der Waals surface area (Å²) in [7, 11) is 4.29. The van der Waals surface area contributed by atoms with Crippen LogP contribution in [0, 0.1) is 11.8 Å². The van der Waals surface area contributed by atoms with Crippen LogP contribution in [0.3, 0.4) is 0 Å². The summed E-state index contributed by atoms with van der Waals surface area (Å²) in [5.74, 6) is 2.09. The van der Waals surface area contributed by atoms with Gasteiger partial charge in [-0.3, -0.25) is 0 Å². The summed E-state index contributed by atoms with van der Waals surface area (Å²) in [4.78, 5) is 2.31. The minimum absolute atomic E-state index is 0. The van der Waals surface area contributed by atoms with Gasteiger partial charge in [-0.2, -0.15) is 41.9 Å². The molecule has 4 aliphatic rings. The third-order valence-electron chi connectivity index (χ3n) is 8.61. The first kappa shape index (κ1) is 27.2. The maximum absolute atomic E-state index is 6.73. The second-order valence-corrected chi connectivity index (χ2v) is 14.3. The quantitative estimate of drug-likeness (QED) is 0.197. The van der Waals surface area contributed by atoms with Crippen LogP contribution in [0.4, 0.5) is 0 Å². The number of halogens is 1. The molecule has 32 heavy (non-hydrogen) atoms. The molecule has 0 radical (unpaired) electrons. The Bertz CT molecular complexity index is 785. The topological polar surface area (TPSA) is 3.24 Å². The van der Waals surface area contributed by atoms with Crippen molar-refractivity contribution in [1.29, 1.82) is 0 Å². The molecule has 0 unspecified atom stereocenters. The SMILES string of the molecule is CN(C)Cc1c(Cl)cc[c-]1P(C12CCC(CC1)C2)C12CCC(CC1)C2.[Fe+2].[Pd].c1cc[cH-]c1. The van der Waals surface area contributed by atoms with Crippen molar-refractivity contribution in [2.45, 2.75) is 81.1 Å². The van der Waals surface area contributed by atoms with E-state index < -0.39 is 0 Å². The zero-order valence-electron chi connectivity index (χ0n) is 19.4. The van der Waals surface area contributed by atoms with Gasteiger partial charge in [0.1, 0.15) is 0 Å². The molecule has 0 saturated heterocycles. The molecule has 4 fully saturated rings. The largest absolute Gasteiger partial charge is 2.00 e. The molecule has 0 N–H and O–H groups in total. The van der Waals surface area contributed by atoms with Gasteiger partial charge >= 0.3 is 17.1 Å². The number of nitrogens with zero attached hydrogens (tertiary/aromatic N) is 1. The smallest absolute Gasteiger partial charge is 0.307 e. The minimum Gasteiger partial charge on any atom is -0.307 e. The fraction of sp³-hybridized carbons (Fsp3) is 0.630. The van der Waals surface area contributed by atoms with Crippen LogP contribution in [0.5, 0.6) is 0 Å². The summed E-state index contributed by atoms with van der Waals surface area (Å²) >= 11 is 6.73. The molecule has 0 spiro atoms. The molecule has 1 nitrogen and oxygen atoms in total. The normalized spacial score (nSPS) is 32.9. The molecular weight excluding hydrogens is 567 g/mol. The molecule has 0 aliphatic heterocycles. The summed E-state index contributed by atoms with van der Waals surface area (Å²) in [6.45, 7) is 1.01. The molecular formula is C27H37ClFeNPPd. The van der Waals surface area contributed by atoms with Crippen LogP contribution in [-0.2, 0) is 44.0 Å². The van der Waals surface area contributed by atoms with Gasteiger partial charge in [0.05, 0.1) is 0 Å². The van der Waals surface area contributed by atoms with Crippen molar-refractivity contribution in [3.63, 3.8) is 0 Å². The van der Waals surface area contributed by atoms with E-state index in [1.165, 1.54) is 69.8 Å². The molecule has 6 rings (SSSR count). The molecule has 4 bridgehead atoms. The predicted molar refractivity (Wildman–Crippen MR) is 132 cm³/mol. The van der Waals surface area contributed by atoms with Crippen LogP contribution >= 0.6 is 19.5 Å². The Balaban J connectivity index is 0.000000368. The molecule has 0 aromatic heterocycles. The van der Waals surface area contributed by atoms with Crippen LogP contribution in [0.1, 0.15) is 69.8 Å². The van der Waals surface area contributed by atoms with E-state index in [1.807, 2.05) is 30.3 Å². The average Bonchev–Trinajstić information content (AvgIpc) is 3.57. The van der Waals surface area contributed by atoms with Crippen LogP contribution in [0.25, 0.3) is 0 Å². The Morgan fingerprint density at radius 3 is 1.84 bits per heavy atom. The van der Waals surface area contributed by atoms with Gasteiger partial charge in [0.25, 0.3) is 0 Å². The summed E-state index contributed by atoms with van der Waals surface area (Å²) in [6.07, 6.45) is 15.2. The first-order valence-corrected chi connectivity index (χ1v) is 13.8. The summed E-state index contributed by atoms with van der Waals surface area (Å²) in [6, 6.07) is 14.7. The van der Waals surface area contributed by atoms with Gasteiger partial charge in [-0.05, 0) is 100 Å². The van der Waals surface area contributed by atoms with Crippen molar-refractivity contribution in [2.24, 2.45) is 11.8 Å². The zero-order valence-corrected chi connectivity index (χ0v) is 23.7. The maximum atomic E-state index is 6.73. The van der Waals surface area contributed by atoms with Gasteiger partial charge in [-0.15, -0.1) is 23.8 Å². The van der Waals surface area contributed by atoms with E-state index in [-0.39, 0.29) is 45.4 Å². The minimum atomic E-state index is -0.0851. The summed E-state index contributed by atoms with van der Waals surface area (Å²) in [5, 5.41) is 4.08. The maximum Gasteiger partial charge on any atom is 2.00 e. The number of hydrogen-bond donors (Lipinski definition) is 0. The van der Waals surface area contributed by atoms with Crippen molar-refractivity contribution in [2.75, 3.05) is 14.1 Å². The summed E-state index contributed by atoms with van der Waals surface area (Å²) < 4.78 is 0. The van der Waals surface area contributed by atoms with Crippen LogP contribution in [0.2, 0.25) is 5.02 Å². The fourth-order valence-corrected chi connectivity index (χ4v) is 12.7. The first-order chi connectivity index (χ1) is 14.5. The average molecular weight is 604 g/mol. The third kappa shape index (κ3) is 5.07. The number of hydrogen-bond acceptors (Lipinski definition) is 1. The molecule has 2 aromatic carbocycles. The molecule has 0 heterocycles. The van der Waals surface area contributed by atoms with Crippen molar-refractivity contribution in [3.05, 3.63) is 53.1 Å². The van der Waals surface area contributed by atoms with Crippen LogP contribution in [0.15, 0.2) is 42.5 Å². The molecule has 0 atom stereocenters. The van der Waals surface area contributed by atoms with Gasteiger partial charge in [-0.25, -0.2) is 12.1 Å². The van der Waals surface area contributed by atoms with Crippen molar-refractivity contribution >= 4 is 24.8 Å². The van der Waals surface area contributed by atoms with E-state index in [9.17, 15) is 0 Å². The molecule has 180 valence electrons. The second kappa shape index (κ2) is 11.1. The van der Waals surface area contributed by atoms with Gasteiger partial charge in [0.15, 0.2) is 0 Å². The van der Waals surface area contributed by atoms with Crippen molar-refractivity contribution in [1.82, 2.24) is 4.90 Å². The van der Waals surface area contributed by atoms with Crippen LogP contribution in [-0.4, -0.2) is 29.3 Å². The van der Waals surface area contributed by atoms with Gasteiger partial charge in [-0.1, -0.05) is 0 Å². The monoisotopic (exact) mass is 603 g/mol. The third-order valence-corrected chi connectivity index (χ3v) is 13.0. The molecule has 2 aromatic rings. The van der Waals surface area contributed by atoms with E-state index in [1.54, 1.807) is 5.30 Å². The second-order valence-electron chi connectivity index (χ2n) is 10.8. The standard InChI is InChI=1S/C22H32ClNP.C5H5.Fe.Pd/c1-24(2)15-18-19(23)3-4-20(18)25(21-9-5-16(13-21)6-10-21)22-11-7-17(14-22)8-12-22;1-2-4-5-3-1;;/h3-4,16-17H,5-15H2,1-2H3;1-5H;;/q2*-1;+2;. The first-order valence-electron chi connectivity index (χ1n) is 12.1. The molecule has 0 amide bonds. The summed E-state index contributed by atoms with van der Waals surface area (Å²) in [5.41, 5.74) is 1.48. The Kier molecular flexibility index (Phi) is 9.41. The van der Waals surface area contributed by atoms with Crippen LogP contribution < -0.4 is 5.30 Å². The van der Waals surface area contributed by atoms with Crippen molar-refractivity contribution < 1.29 is 37.5 Å².